The summed E-state index contributed by atoms with van der Waals surface area (Å²) in [6.45, 7) is 2.29. The number of aromatic amines is 2. The van der Waals surface area contributed by atoms with Crippen molar-refractivity contribution in [2.75, 3.05) is 0 Å². The molecule has 0 fully saturated rings. The minimum absolute atomic E-state index is 0.533. The molecule has 3 heteroatoms. The van der Waals surface area contributed by atoms with Crippen LogP contribution in [0.25, 0.3) is 0 Å². The van der Waals surface area contributed by atoms with Gasteiger partial charge in [-0.1, -0.05) is 31.2 Å². The summed E-state index contributed by atoms with van der Waals surface area (Å²) >= 11 is 5.08. The molecule has 0 aliphatic heterocycles. The summed E-state index contributed by atoms with van der Waals surface area (Å²) in [5, 5.41) is 0. The second-order valence-electron chi connectivity index (χ2n) is 4.50. The molecule has 2 atom stereocenters. The summed E-state index contributed by atoms with van der Waals surface area (Å²) in [6, 6.07) is 8.71. The molecule has 3 rings (SSSR count). The van der Waals surface area contributed by atoms with Gasteiger partial charge in [0.1, 0.15) is 0 Å². The maximum atomic E-state index is 5.08. The molecule has 1 aromatic carbocycles. The summed E-state index contributed by atoms with van der Waals surface area (Å²) in [5.74, 6) is 1.10. The van der Waals surface area contributed by atoms with E-state index in [-0.39, 0.29) is 0 Å². The molecule has 0 saturated heterocycles. The lowest BCUT2D eigenvalue weighted by Crippen LogP contribution is -2.02. The summed E-state index contributed by atoms with van der Waals surface area (Å²) in [6.07, 6.45) is 3.12. The van der Waals surface area contributed by atoms with Crippen LogP contribution in [0.5, 0.6) is 0 Å². The average molecular weight is 230 g/mol. The molecular weight excluding hydrogens is 216 g/mol. The lowest BCUT2D eigenvalue weighted by molar-refractivity contribution is 0.612. The monoisotopic (exact) mass is 230 g/mol. The van der Waals surface area contributed by atoms with Crippen LogP contribution in [-0.4, -0.2) is 9.97 Å². The van der Waals surface area contributed by atoms with Crippen molar-refractivity contribution >= 4 is 12.2 Å². The fourth-order valence-electron chi connectivity index (χ4n) is 2.72. The van der Waals surface area contributed by atoms with Crippen molar-refractivity contribution in [2.24, 2.45) is 0 Å². The van der Waals surface area contributed by atoms with Crippen LogP contribution in [0.2, 0.25) is 0 Å². The fourth-order valence-corrected chi connectivity index (χ4v) is 2.90. The van der Waals surface area contributed by atoms with Crippen molar-refractivity contribution in [2.45, 2.75) is 25.2 Å². The Kier molecular flexibility index (Phi) is 2.21. The zero-order chi connectivity index (χ0) is 11.1. The van der Waals surface area contributed by atoms with E-state index < -0.39 is 0 Å². The van der Waals surface area contributed by atoms with Crippen molar-refractivity contribution in [1.82, 2.24) is 9.97 Å². The number of aromatic nitrogens is 2. The van der Waals surface area contributed by atoms with Crippen LogP contribution in [0.15, 0.2) is 30.5 Å². The van der Waals surface area contributed by atoms with E-state index in [2.05, 4.69) is 41.2 Å². The van der Waals surface area contributed by atoms with E-state index in [9.17, 15) is 0 Å². The second kappa shape index (κ2) is 3.59. The first kappa shape index (κ1) is 9.85. The van der Waals surface area contributed by atoms with E-state index in [1.54, 1.807) is 0 Å². The highest BCUT2D eigenvalue weighted by Gasteiger charge is 2.30. The highest BCUT2D eigenvalue weighted by Crippen LogP contribution is 2.42. The molecule has 1 aliphatic carbocycles. The maximum absolute atomic E-state index is 5.08. The largest absolute Gasteiger partial charge is 0.337 e. The molecule has 82 valence electrons. The first-order valence-corrected chi connectivity index (χ1v) is 6.02. The van der Waals surface area contributed by atoms with Gasteiger partial charge in [-0.25, -0.2) is 0 Å². The molecule has 1 heterocycles. The van der Waals surface area contributed by atoms with Crippen molar-refractivity contribution in [3.05, 3.63) is 52.1 Å². The number of rotatable bonds is 1. The van der Waals surface area contributed by atoms with Gasteiger partial charge >= 0.3 is 0 Å². The Hall–Kier alpha value is -1.35. The molecule has 2 aromatic rings. The van der Waals surface area contributed by atoms with Gasteiger partial charge in [-0.2, -0.15) is 0 Å². The third-order valence-electron chi connectivity index (χ3n) is 3.61. The Morgan fingerprint density at radius 3 is 2.81 bits per heavy atom. The van der Waals surface area contributed by atoms with Gasteiger partial charge in [0.15, 0.2) is 4.77 Å². The Bertz CT molecular complexity index is 567. The van der Waals surface area contributed by atoms with Crippen LogP contribution in [0.1, 0.15) is 35.6 Å². The number of hydrogen-bond donors (Lipinski definition) is 2. The van der Waals surface area contributed by atoms with E-state index in [4.69, 9.17) is 12.2 Å². The average Bonchev–Trinajstić information content (AvgIpc) is 2.84. The van der Waals surface area contributed by atoms with Gasteiger partial charge in [-0.15, -0.1) is 0 Å². The van der Waals surface area contributed by atoms with Crippen LogP contribution in [0, 0.1) is 4.77 Å². The number of benzene rings is 1. The molecule has 2 nitrogen and oxygen atoms in total. The van der Waals surface area contributed by atoms with Crippen LogP contribution in [-0.2, 0) is 6.42 Å². The Labute approximate surface area is 99.7 Å². The number of hydrogen-bond acceptors (Lipinski definition) is 1. The normalized spacial score (nSPS) is 23.3. The summed E-state index contributed by atoms with van der Waals surface area (Å²) in [7, 11) is 0. The van der Waals surface area contributed by atoms with Crippen molar-refractivity contribution in [3.63, 3.8) is 0 Å². The van der Waals surface area contributed by atoms with Gasteiger partial charge in [0.05, 0.1) is 0 Å². The standard InChI is InChI=1S/C13H14N2S/c1-8-10-5-3-2-4-9(10)6-11(8)12-7-14-13(16)15-12/h2-5,7-8,11H,6H2,1H3,(H2,14,15,16)/t8-,11-/m1/s1. The summed E-state index contributed by atoms with van der Waals surface area (Å²) in [5.41, 5.74) is 4.18. The number of imidazole rings is 1. The first-order valence-electron chi connectivity index (χ1n) is 5.61. The van der Waals surface area contributed by atoms with E-state index in [1.807, 2.05) is 6.20 Å². The lowest BCUT2D eigenvalue weighted by Gasteiger charge is -2.13. The van der Waals surface area contributed by atoms with E-state index in [0.29, 0.717) is 11.8 Å². The molecule has 0 spiro atoms. The van der Waals surface area contributed by atoms with E-state index in [0.717, 1.165) is 11.2 Å². The molecule has 0 saturated carbocycles. The zero-order valence-corrected chi connectivity index (χ0v) is 9.97. The molecule has 0 bridgehead atoms. The quantitative estimate of drug-likeness (QED) is 0.722. The zero-order valence-electron chi connectivity index (χ0n) is 9.16. The van der Waals surface area contributed by atoms with Crippen LogP contribution in [0.3, 0.4) is 0 Å². The van der Waals surface area contributed by atoms with Gasteiger partial charge in [0.25, 0.3) is 0 Å². The minimum atomic E-state index is 0.533. The SMILES string of the molecule is C[C@@H]1c2ccccc2C[C@H]1c1c[nH]c(=S)[nH]1. The van der Waals surface area contributed by atoms with Crippen LogP contribution in [0.4, 0.5) is 0 Å². The van der Waals surface area contributed by atoms with Gasteiger partial charge in [-0.05, 0) is 35.7 Å². The summed E-state index contributed by atoms with van der Waals surface area (Å²) < 4.78 is 0.721. The third kappa shape index (κ3) is 1.43. The molecule has 0 unspecified atom stereocenters. The minimum Gasteiger partial charge on any atom is -0.337 e. The number of fused-ring (bicyclic) bond motifs is 1. The molecular formula is C13H14N2S. The highest BCUT2D eigenvalue weighted by molar-refractivity contribution is 7.71. The third-order valence-corrected chi connectivity index (χ3v) is 3.83. The molecule has 1 aromatic heterocycles. The molecule has 0 radical (unpaired) electrons. The molecule has 16 heavy (non-hydrogen) atoms. The van der Waals surface area contributed by atoms with Gasteiger partial charge in [0, 0.05) is 17.8 Å². The van der Waals surface area contributed by atoms with Gasteiger partial charge < -0.3 is 9.97 Å². The van der Waals surface area contributed by atoms with Crippen molar-refractivity contribution in [3.8, 4) is 0 Å². The fraction of sp³-hybridized carbons (Fsp3) is 0.308. The molecule has 0 amide bonds. The Morgan fingerprint density at radius 1 is 1.31 bits per heavy atom. The van der Waals surface area contributed by atoms with Gasteiger partial charge in [-0.3, -0.25) is 0 Å². The van der Waals surface area contributed by atoms with Crippen molar-refractivity contribution < 1.29 is 0 Å². The topological polar surface area (TPSA) is 31.6 Å². The number of nitrogens with one attached hydrogen (secondary N) is 2. The summed E-state index contributed by atoms with van der Waals surface area (Å²) in [4.78, 5) is 6.29. The van der Waals surface area contributed by atoms with Crippen molar-refractivity contribution in [1.29, 1.82) is 0 Å². The van der Waals surface area contributed by atoms with E-state index in [1.165, 1.54) is 16.8 Å². The highest BCUT2D eigenvalue weighted by atomic mass is 32.1. The molecule has 1 aliphatic rings. The Morgan fingerprint density at radius 2 is 2.12 bits per heavy atom. The maximum Gasteiger partial charge on any atom is 0.174 e. The molecule has 2 N–H and O–H groups in total. The lowest BCUT2D eigenvalue weighted by atomic mass is 9.92. The second-order valence-corrected chi connectivity index (χ2v) is 4.90. The van der Waals surface area contributed by atoms with E-state index >= 15 is 0 Å². The Balaban J connectivity index is 2.01. The number of H-pyrrole nitrogens is 2. The predicted molar refractivity (Wildman–Crippen MR) is 67.3 cm³/mol. The first-order chi connectivity index (χ1) is 7.75. The van der Waals surface area contributed by atoms with Crippen LogP contribution >= 0.6 is 12.2 Å². The predicted octanol–water partition coefficient (Wildman–Crippen LogP) is 3.52. The van der Waals surface area contributed by atoms with Gasteiger partial charge in [0.2, 0.25) is 0 Å². The smallest absolute Gasteiger partial charge is 0.174 e. The van der Waals surface area contributed by atoms with Crippen LogP contribution < -0.4 is 0 Å².